The maximum atomic E-state index is 12.8. The molecule has 122 valence electrons. The van der Waals surface area contributed by atoms with Crippen molar-refractivity contribution >= 4 is 5.91 Å². The van der Waals surface area contributed by atoms with Crippen molar-refractivity contribution in [2.75, 3.05) is 33.9 Å². The van der Waals surface area contributed by atoms with E-state index in [0.29, 0.717) is 29.5 Å². The van der Waals surface area contributed by atoms with Crippen molar-refractivity contribution in [2.45, 2.75) is 26.2 Å². The van der Waals surface area contributed by atoms with Gasteiger partial charge in [-0.1, -0.05) is 0 Å². The number of carbonyl (C=O) groups is 1. The molecule has 0 aromatic heterocycles. The summed E-state index contributed by atoms with van der Waals surface area (Å²) in [5.74, 6) is 1.91. The van der Waals surface area contributed by atoms with E-state index >= 15 is 0 Å². The molecular weight excluding hydrogens is 280 g/mol. The molecule has 1 aliphatic rings. The third-order valence-electron chi connectivity index (χ3n) is 4.38. The molecule has 22 heavy (non-hydrogen) atoms. The number of ether oxygens (including phenoxy) is 2. The fourth-order valence-electron chi connectivity index (χ4n) is 3.11. The molecule has 2 N–H and O–H groups in total. The van der Waals surface area contributed by atoms with Crippen LogP contribution in [0.3, 0.4) is 0 Å². The molecule has 1 heterocycles. The van der Waals surface area contributed by atoms with Crippen LogP contribution in [-0.2, 0) is 0 Å². The van der Waals surface area contributed by atoms with Crippen molar-refractivity contribution < 1.29 is 14.3 Å². The molecule has 1 fully saturated rings. The van der Waals surface area contributed by atoms with Crippen molar-refractivity contribution in [3.05, 3.63) is 23.3 Å². The van der Waals surface area contributed by atoms with Gasteiger partial charge in [0.15, 0.2) is 0 Å². The normalized spacial score (nSPS) is 18.2. The van der Waals surface area contributed by atoms with E-state index in [4.69, 9.17) is 15.2 Å². The van der Waals surface area contributed by atoms with E-state index in [0.717, 1.165) is 37.9 Å². The second-order valence-electron chi connectivity index (χ2n) is 5.84. The van der Waals surface area contributed by atoms with Gasteiger partial charge in [-0.2, -0.15) is 0 Å². The Morgan fingerprint density at radius 2 is 1.95 bits per heavy atom. The molecule has 1 aliphatic heterocycles. The fourth-order valence-corrected chi connectivity index (χ4v) is 3.11. The number of methoxy groups -OCH3 is 2. The minimum atomic E-state index is 0.0401. The van der Waals surface area contributed by atoms with E-state index in [1.54, 1.807) is 26.4 Å². The second-order valence-corrected chi connectivity index (χ2v) is 5.84. The Morgan fingerprint density at radius 1 is 1.32 bits per heavy atom. The highest BCUT2D eigenvalue weighted by Gasteiger charge is 2.25. The van der Waals surface area contributed by atoms with Crippen LogP contribution < -0.4 is 15.2 Å². The zero-order valence-electron chi connectivity index (χ0n) is 13.7. The molecule has 0 spiro atoms. The zero-order valence-corrected chi connectivity index (χ0v) is 13.7. The van der Waals surface area contributed by atoms with Gasteiger partial charge >= 0.3 is 0 Å². The van der Waals surface area contributed by atoms with Gasteiger partial charge in [-0.25, -0.2) is 0 Å². The Hall–Kier alpha value is -1.75. The summed E-state index contributed by atoms with van der Waals surface area (Å²) in [5.41, 5.74) is 7.17. The smallest absolute Gasteiger partial charge is 0.254 e. The maximum Gasteiger partial charge on any atom is 0.254 e. The highest BCUT2D eigenvalue weighted by Crippen LogP contribution is 2.30. The lowest BCUT2D eigenvalue weighted by Gasteiger charge is -2.33. The topological polar surface area (TPSA) is 64.8 Å². The van der Waals surface area contributed by atoms with E-state index in [1.165, 1.54) is 0 Å². The summed E-state index contributed by atoms with van der Waals surface area (Å²) in [6, 6.07) is 3.60. The summed E-state index contributed by atoms with van der Waals surface area (Å²) in [7, 11) is 3.21. The first-order valence-electron chi connectivity index (χ1n) is 7.82. The zero-order chi connectivity index (χ0) is 16.1. The van der Waals surface area contributed by atoms with Gasteiger partial charge in [-0.3, -0.25) is 4.79 Å². The Kier molecular flexibility index (Phi) is 5.66. The van der Waals surface area contributed by atoms with Gasteiger partial charge in [-0.05, 0) is 50.8 Å². The summed E-state index contributed by atoms with van der Waals surface area (Å²) in [4.78, 5) is 14.7. The number of likely N-dealkylation sites (tertiary alicyclic amines) is 1. The average Bonchev–Trinajstić information content (AvgIpc) is 2.55. The monoisotopic (exact) mass is 306 g/mol. The van der Waals surface area contributed by atoms with Crippen LogP contribution in [0.1, 0.15) is 35.2 Å². The molecule has 0 radical (unpaired) electrons. The van der Waals surface area contributed by atoms with Gasteiger partial charge in [0, 0.05) is 24.2 Å². The van der Waals surface area contributed by atoms with E-state index in [2.05, 4.69) is 0 Å². The number of rotatable bonds is 5. The molecule has 1 amide bonds. The number of hydrogen-bond donors (Lipinski definition) is 1. The van der Waals surface area contributed by atoms with Crippen molar-refractivity contribution in [2.24, 2.45) is 11.7 Å². The molecule has 1 atom stereocenters. The lowest BCUT2D eigenvalue weighted by Crippen LogP contribution is -2.40. The molecule has 1 unspecified atom stereocenters. The molecule has 2 rings (SSSR count). The quantitative estimate of drug-likeness (QED) is 0.906. The summed E-state index contributed by atoms with van der Waals surface area (Å²) >= 11 is 0. The Labute approximate surface area is 132 Å². The molecule has 0 saturated carbocycles. The molecule has 5 heteroatoms. The molecular formula is C17H26N2O3. The van der Waals surface area contributed by atoms with Crippen molar-refractivity contribution in [3.8, 4) is 11.5 Å². The molecule has 1 saturated heterocycles. The number of piperidine rings is 1. The Balaban J connectivity index is 2.21. The summed E-state index contributed by atoms with van der Waals surface area (Å²) in [6.45, 7) is 4.19. The third kappa shape index (κ3) is 3.53. The first kappa shape index (κ1) is 16.6. The summed E-state index contributed by atoms with van der Waals surface area (Å²) < 4.78 is 10.7. The SMILES string of the molecule is COc1cc(C(=O)N2CCCC(CCN)C2)cc(OC)c1C. The first-order valence-corrected chi connectivity index (χ1v) is 7.82. The second kappa shape index (κ2) is 7.49. The number of benzene rings is 1. The minimum absolute atomic E-state index is 0.0401. The van der Waals surface area contributed by atoms with Crippen LogP contribution in [0.2, 0.25) is 0 Å². The van der Waals surface area contributed by atoms with E-state index in [-0.39, 0.29) is 5.91 Å². The number of nitrogens with zero attached hydrogens (tertiary/aromatic N) is 1. The van der Waals surface area contributed by atoms with Gasteiger partial charge in [-0.15, -0.1) is 0 Å². The average molecular weight is 306 g/mol. The van der Waals surface area contributed by atoms with Gasteiger partial charge in [0.1, 0.15) is 11.5 Å². The lowest BCUT2D eigenvalue weighted by molar-refractivity contribution is 0.0669. The summed E-state index contributed by atoms with van der Waals surface area (Å²) in [6.07, 6.45) is 3.17. The lowest BCUT2D eigenvalue weighted by atomic mass is 9.94. The number of amides is 1. The highest BCUT2D eigenvalue weighted by molar-refractivity contribution is 5.95. The minimum Gasteiger partial charge on any atom is -0.496 e. The molecule has 1 aromatic carbocycles. The first-order chi connectivity index (χ1) is 10.6. The van der Waals surface area contributed by atoms with Crippen LogP contribution in [0.15, 0.2) is 12.1 Å². The number of carbonyl (C=O) groups excluding carboxylic acids is 1. The molecule has 0 bridgehead atoms. The maximum absolute atomic E-state index is 12.8. The number of hydrogen-bond acceptors (Lipinski definition) is 4. The number of nitrogens with two attached hydrogens (primary N) is 1. The highest BCUT2D eigenvalue weighted by atomic mass is 16.5. The molecule has 5 nitrogen and oxygen atoms in total. The third-order valence-corrected chi connectivity index (χ3v) is 4.38. The van der Waals surface area contributed by atoms with Crippen molar-refractivity contribution in [1.29, 1.82) is 0 Å². The predicted molar refractivity (Wildman–Crippen MR) is 86.6 cm³/mol. The Morgan fingerprint density at radius 3 is 2.50 bits per heavy atom. The van der Waals surface area contributed by atoms with Gasteiger partial charge in [0.2, 0.25) is 0 Å². The fraction of sp³-hybridized carbons (Fsp3) is 0.588. The van der Waals surface area contributed by atoms with Gasteiger partial charge in [0.25, 0.3) is 5.91 Å². The van der Waals surface area contributed by atoms with Crippen LogP contribution in [0, 0.1) is 12.8 Å². The van der Waals surface area contributed by atoms with Crippen LogP contribution in [0.5, 0.6) is 11.5 Å². The van der Waals surface area contributed by atoms with Crippen LogP contribution >= 0.6 is 0 Å². The molecule has 1 aromatic rings. The van der Waals surface area contributed by atoms with E-state index in [9.17, 15) is 4.79 Å². The Bertz CT molecular complexity index is 504. The van der Waals surface area contributed by atoms with E-state index < -0.39 is 0 Å². The van der Waals surface area contributed by atoms with Crippen LogP contribution in [0.4, 0.5) is 0 Å². The van der Waals surface area contributed by atoms with E-state index in [1.807, 2.05) is 11.8 Å². The van der Waals surface area contributed by atoms with Gasteiger partial charge in [0.05, 0.1) is 14.2 Å². The molecule has 0 aliphatic carbocycles. The standard InChI is InChI=1S/C17H26N2O3/c1-12-15(21-2)9-14(10-16(12)22-3)17(20)19-8-4-5-13(11-19)6-7-18/h9-10,13H,4-8,11,18H2,1-3H3. The largest absolute Gasteiger partial charge is 0.496 e. The van der Waals surface area contributed by atoms with Crippen molar-refractivity contribution in [1.82, 2.24) is 4.90 Å². The van der Waals surface area contributed by atoms with Crippen LogP contribution in [0.25, 0.3) is 0 Å². The van der Waals surface area contributed by atoms with Gasteiger partial charge < -0.3 is 20.1 Å². The summed E-state index contributed by atoms with van der Waals surface area (Å²) in [5, 5.41) is 0. The van der Waals surface area contributed by atoms with Crippen molar-refractivity contribution in [3.63, 3.8) is 0 Å². The predicted octanol–water partition coefficient (Wildman–Crippen LogP) is 2.21. The van der Waals surface area contributed by atoms with Crippen LogP contribution in [-0.4, -0.2) is 44.7 Å².